The molecule has 1 aliphatic rings. The van der Waals surface area contributed by atoms with Crippen molar-refractivity contribution >= 4 is 35.3 Å². The van der Waals surface area contributed by atoms with E-state index in [1.54, 1.807) is 0 Å². The van der Waals surface area contributed by atoms with Crippen LogP contribution < -0.4 is 10.2 Å². The van der Waals surface area contributed by atoms with E-state index >= 15 is 0 Å². The molecule has 0 aliphatic carbocycles. The standard InChI is InChI=1S/C17H11N3O7/c21-11-4-2-10(3-5-11)19-16(24)12(15(23)18-17(19)25)7-9-1-6-14(22)13(8-9)20(26)27/h1-8,21-22H,(H,18,23,25)/b12-7+. The number of barbiturate groups is 1. The van der Waals surface area contributed by atoms with Gasteiger partial charge in [0, 0.05) is 6.07 Å². The predicted octanol–water partition coefficient (Wildman–Crippen LogP) is 1.67. The maximum Gasteiger partial charge on any atom is 0.335 e. The van der Waals surface area contributed by atoms with Crippen LogP contribution in [0.15, 0.2) is 48.0 Å². The topological polar surface area (TPSA) is 150 Å². The quantitative estimate of drug-likeness (QED) is 0.322. The molecule has 2 aromatic carbocycles. The number of benzene rings is 2. The van der Waals surface area contributed by atoms with Gasteiger partial charge in [0.1, 0.15) is 11.3 Å². The largest absolute Gasteiger partial charge is 0.508 e. The molecule has 0 bridgehead atoms. The van der Waals surface area contributed by atoms with E-state index in [0.717, 1.165) is 18.2 Å². The van der Waals surface area contributed by atoms with Gasteiger partial charge in [0.15, 0.2) is 5.75 Å². The molecular weight excluding hydrogens is 358 g/mol. The smallest absolute Gasteiger partial charge is 0.335 e. The summed E-state index contributed by atoms with van der Waals surface area (Å²) >= 11 is 0. The van der Waals surface area contributed by atoms with Crippen LogP contribution in [0.25, 0.3) is 6.08 Å². The Morgan fingerprint density at radius 1 is 1.04 bits per heavy atom. The third-order valence-corrected chi connectivity index (χ3v) is 3.72. The maximum absolute atomic E-state index is 12.7. The Bertz CT molecular complexity index is 1010. The minimum absolute atomic E-state index is 0.0770. The monoisotopic (exact) mass is 369 g/mol. The molecule has 1 fully saturated rings. The first-order valence-corrected chi connectivity index (χ1v) is 7.46. The maximum atomic E-state index is 12.7. The number of carbonyl (C=O) groups excluding carboxylic acids is 3. The number of aromatic hydroxyl groups is 2. The van der Waals surface area contributed by atoms with Gasteiger partial charge in [-0.25, -0.2) is 9.69 Å². The molecule has 0 radical (unpaired) electrons. The molecule has 1 saturated heterocycles. The Hall–Kier alpha value is -4.21. The van der Waals surface area contributed by atoms with Crippen molar-refractivity contribution in [2.75, 3.05) is 4.90 Å². The Kier molecular flexibility index (Phi) is 4.30. The van der Waals surface area contributed by atoms with E-state index in [1.165, 1.54) is 30.3 Å². The molecule has 136 valence electrons. The summed E-state index contributed by atoms with van der Waals surface area (Å²) in [4.78, 5) is 47.6. The van der Waals surface area contributed by atoms with E-state index in [9.17, 15) is 34.7 Å². The van der Waals surface area contributed by atoms with E-state index < -0.39 is 39.8 Å². The molecule has 27 heavy (non-hydrogen) atoms. The summed E-state index contributed by atoms with van der Waals surface area (Å²) in [5.41, 5.74) is -0.800. The second kappa shape index (κ2) is 6.59. The number of nitrogens with zero attached hydrogens (tertiary/aromatic N) is 2. The van der Waals surface area contributed by atoms with Crippen molar-refractivity contribution in [3.8, 4) is 11.5 Å². The summed E-state index contributed by atoms with van der Waals surface area (Å²) in [7, 11) is 0. The first kappa shape index (κ1) is 17.6. The summed E-state index contributed by atoms with van der Waals surface area (Å²) in [5.74, 6) is -2.55. The first-order chi connectivity index (χ1) is 12.8. The number of nitro benzene ring substituents is 1. The van der Waals surface area contributed by atoms with E-state index in [1.807, 2.05) is 5.32 Å². The molecule has 1 aliphatic heterocycles. The second-order valence-electron chi connectivity index (χ2n) is 5.48. The zero-order valence-electron chi connectivity index (χ0n) is 13.4. The lowest BCUT2D eigenvalue weighted by atomic mass is 10.1. The van der Waals surface area contributed by atoms with Gasteiger partial charge >= 0.3 is 11.7 Å². The number of phenolic OH excluding ortho intramolecular Hbond substituents is 2. The Balaban J connectivity index is 2.03. The van der Waals surface area contributed by atoms with Gasteiger partial charge in [-0.3, -0.25) is 25.0 Å². The number of imide groups is 2. The van der Waals surface area contributed by atoms with Crippen LogP contribution in [0, 0.1) is 10.1 Å². The molecular formula is C17H11N3O7. The highest BCUT2D eigenvalue weighted by Gasteiger charge is 2.36. The van der Waals surface area contributed by atoms with Crippen molar-refractivity contribution < 1.29 is 29.5 Å². The lowest BCUT2D eigenvalue weighted by Gasteiger charge is -2.26. The van der Waals surface area contributed by atoms with Crippen LogP contribution >= 0.6 is 0 Å². The first-order valence-electron chi connectivity index (χ1n) is 7.46. The molecule has 3 N–H and O–H groups in total. The average molecular weight is 369 g/mol. The summed E-state index contributed by atoms with van der Waals surface area (Å²) in [6.45, 7) is 0. The number of rotatable bonds is 3. The molecule has 3 rings (SSSR count). The number of anilines is 1. The second-order valence-corrected chi connectivity index (χ2v) is 5.48. The third-order valence-electron chi connectivity index (χ3n) is 3.72. The van der Waals surface area contributed by atoms with Crippen molar-refractivity contribution in [3.05, 3.63) is 63.7 Å². The van der Waals surface area contributed by atoms with Gasteiger partial charge in [-0.05, 0) is 42.0 Å². The van der Waals surface area contributed by atoms with Crippen LogP contribution in [0.4, 0.5) is 16.2 Å². The lowest BCUT2D eigenvalue weighted by molar-refractivity contribution is -0.385. The van der Waals surface area contributed by atoms with Crippen LogP contribution in [0.1, 0.15) is 5.56 Å². The summed E-state index contributed by atoms with van der Waals surface area (Å²) in [6, 6.07) is 7.50. The lowest BCUT2D eigenvalue weighted by Crippen LogP contribution is -2.54. The molecule has 0 spiro atoms. The third kappa shape index (κ3) is 3.31. The van der Waals surface area contributed by atoms with Crippen molar-refractivity contribution in [2.24, 2.45) is 0 Å². The Labute approximate surface area is 151 Å². The number of hydrogen-bond donors (Lipinski definition) is 3. The van der Waals surface area contributed by atoms with Crippen LogP contribution in [0.5, 0.6) is 11.5 Å². The fourth-order valence-electron chi connectivity index (χ4n) is 2.44. The molecule has 10 heteroatoms. The van der Waals surface area contributed by atoms with Crippen molar-refractivity contribution in [1.29, 1.82) is 0 Å². The molecule has 0 saturated carbocycles. The molecule has 4 amide bonds. The number of phenols is 2. The van der Waals surface area contributed by atoms with Gasteiger partial charge in [0.05, 0.1) is 10.6 Å². The highest BCUT2D eigenvalue weighted by Crippen LogP contribution is 2.28. The highest BCUT2D eigenvalue weighted by molar-refractivity contribution is 6.39. The average Bonchev–Trinajstić information content (AvgIpc) is 2.61. The number of nitro groups is 1. The van der Waals surface area contributed by atoms with Gasteiger partial charge in [0.2, 0.25) is 0 Å². The normalized spacial score (nSPS) is 15.8. The van der Waals surface area contributed by atoms with E-state index in [-0.39, 0.29) is 17.0 Å². The summed E-state index contributed by atoms with van der Waals surface area (Å²) in [5, 5.41) is 31.7. The van der Waals surface area contributed by atoms with Gasteiger partial charge in [-0.2, -0.15) is 0 Å². The van der Waals surface area contributed by atoms with Gasteiger partial charge < -0.3 is 10.2 Å². The van der Waals surface area contributed by atoms with Crippen LogP contribution in [-0.4, -0.2) is 33.0 Å². The minimum Gasteiger partial charge on any atom is -0.508 e. The van der Waals surface area contributed by atoms with Crippen LogP contribution in [-0.2, 0) is 9.59 Å². The van der Waals surface area contributed by atoms with Gasteiger partial charge in [0.25, 0.3) is 11.8 Å². The number of carbonyl (C=O) groups is 3. The zero-order valence-corrected chi connectivity index (χ0v) is 13.4. The van der Waals surface area contributed by atoms with Crippen molar-refractivity contribution in [2.45, 2.75) is 0 Å². The molecule has 0 unspecified atom stereocenters. The van der Waals surface area contributed by atoms with Crippen LogP contribution in [0.2, 0.25) is 0 Å². The Morgan fingerprint density at radius 2 is 1.70 bits per heavy atom. The van der Waals surface area contributed by atoms with Crippen molar-refractivity contribution in [1.82, 2.24) is 5.32 Å². The molecule has 0 atom stereocenters. The molecule has 0 aromatic heterocycles. The predicted molar refractivity (Wildman–Crippen MR) is 91.9 cm³/mol. The Morgan fingerprint density at radius 3 is 2.33 bits per heavy atom. The van der Waals surface area contributed by atoms with E-state index in [4.69, 9.17) is 0 Å². The molecule has 10 nitrogen and oxygen atoms in total. The SMILES string of the molecule is O=C1NC(=O)N(c2ccc(O)cc2)C(=O)/C1=C/c1ccc(O)c([N+](=O)[O-])c1. The van der Waals surface area contributed by atoms with E-state index in [2.05, 4.69) is 0 Å². The molecule has 2 aromatic rings. The highest BCUT2D eigenvalue weighted by atomic mass is 16.6. The summed E-state index contributed by atoms with van der Waals surface area (Å²) < 4.78 is 0. The fraction of sp³-hybridized carbons (Fsp3) is 0. The fourth-order valence-corrected chi connectivity index (χ4v) is 2.44. The van der Waals surface area contributed by atoms with Gasteiger partial charge in [-0.15, -0.1) is 0 Å². The zero-order chi connectivity index (χ0) is 19.7. The summed E-state index contributed by atoms with van der Waals surface area (Å²) in [6.07, 6.45) is 1.07. The number of hydrogen-bond acceptors (Lipinski definition) is 7. The molecule has 1 heterocycles. The van der Waals surface area contributed by atoms with Crippen LogP contribution in [0.3, 0.4) is 0 Å². The number of urea groups is 1. The minimum atomic E-state index is -0.968. The van der Waals surface area contributed by atoms with Gasteiger partial charge in [-0.1, -0.05) is 6.07 Å². The number of nitrogens with one attached hydrogen (secondary N) is 1. The van der Waals surface area contributed by atoms with E-state index in [0.29, 0.717) is 4.90 Å². The number of amides is 4. The van der Waals surface area contributed by atoms with Crippen molar-refractivity contribution in [3.63, 3.8) is 0 Å².